The summed E-state index contributed by atoms with van der Waals surface area (Å²) in [5.41, 5.74) is -1.51. The van der Waals surface area contributed by atoms with E-state index in [0.717, 1.165) is 45.2 Å². The minimum atomic E-state index is -0.825. The number of nitrogens with zero attached hydrogens (tertiary/aromatic N) is 1. The third-order valence-corrected chi connectivity index (χ3v) is 4.67. The maximum Gasteiger partial charge on any atom is 0.316 e. The van der Waals surface area contributed by atoms with Crippen molar-refractivity contribution in [3.63, 3.8) is 0 Å². The first-order chi connectivity index (χ1) is 8.08. The molecule has 0 aromatic carbocycles. The van der Waals surface area contributed by atoms with Crippen molar-refractivity contribution >= 4 is 5.97 Å². The quantitative estimate of drug-likeness (QED) is 0.754. The minimum Gasteiger partial charge on any atom is -0.468 e. The van der Waals surface area contributed by atoms with E-state index < -0.39 is 11.0 Å². The van der Waals surface area contributed by atoms with Crippen LogP contribution in [0.1, 0.15) is 39.0 Å². The molecule has 4 heteroatoms. The number of rotatable bonds is 3. The van der Waals surface area contributed by atoms with E-state index >= 15 is 0 Å². The largest absolute Gasteiger partial charge is 0.468 e. The molecule has 1 aliphatic heterocycles. The van der Waals surface area contributed by atoms with Gasteiger partial charge >= 0.3 is 5.97 Å². The zero-order chi connectivity index (χ0) is 12.5. The van der Waals surface area contributed by atoms with Crippen molar-refractivity contribution in [2.75, 3.05) is 26.7 Å². The number of esters is 1. The van der Waals surface area contributed by atoms with Gasteiger partial charge in [-0.1, -0.05) is 6.92 Å². The number of likely N-dealkylation sites (tertiary alicyclic amines) is 1. The van der Waals surface area contributed by atoms with Crippen LogP contribution in [0.3, 0.4) is 0 Å². The van der Waals surface area contributed by atoms with Crippen LogP contribution in [0.2, 0.25) is 0 Å². The fraction of sp³-hybridized carbons (Fsp3) is 0.923. The maximum atomic E-state index is 12.2. The van der Waals surface area contributed by atoms with Gasteiger partial charge in [0.1, 0.15) is 5.41 Å². The predicted octanol–water partition coefficient (Wildman–Crippen LogP) is 1.18. The third kappa shape index (κ3) is 1.87. The Balaban J connectivity index is 2.26. The van der Waals surface area contributed by atoms with Gasteiger partial charge < -0.3 is 14.7 Å². The molecule has 0 amide bonds. The number of methoxy groups -OCH3 is 1. The van der Waals surface area contributed by atoms with Gasteiger partial charge in [-0.25, -0.2) is 0 Å². The molecule has 1 saturated heterocycles. The first-order valence-electron chi connectivity index (χ1n) is 6.61. The smallest absolute Gasteiger partial charge is 0.316 e. The Morgan fingerprint density at radius 1 is 1.35 bits per heavy atom. The average Bonchev–Trinajstić information content (AvgIpc) is 2.34. The highest BCUT2D eigenvalue weighted by Crippen LogP contribution is 2.51. The van der Waals surface area contributed by atoms with Crippen molar-refractivity contribution in [2.45, 2.75) is 44.6 Å². The fourth-order valence-corrected chi connectivity index (χ4v) is 3.34. The SMILES string of the molecule is CCN1CCCC(C(=O)OC)(C2(O)CCC2)C1. The Hall–Kier alpha value is -0.610. The summed E-state index contributed by atoms with van der Waals surface area (Å²) in [6.07, 6.45) is 4.21. The van der Waals surface area contributed by atoms with Crippen LogP contribution in [-0.2, 0) is 9.53 Å². The van der Waals surface area contributed by atoms with Crippen LogP contribution in [0.4, 0.5) is 0 Å². The third-order valence-electron chi connectivity index (χ3n) is 4.67. The lowest BCUT2D eigenvalue weighted by atomic mass is 9.58. The van der Waals surface area contributed by atoms with E-state index in [1.807, 2.05) is 0 Å². The zero-order valence-corrected chi connectivity index (χ0v) is 10.9. The van der Waals surface area contributed by atoms with E-state index in [1.54, 1.807) is 0 Å². The summed E-state index contributed by atoms with van der Waals surface area (Å²) in [6.45, 7) is 4.69. The zero-order valence-electron chi connectivity index (χ0n) is 10.9. The molecule has 0 aromatic heterocycles. The number of aliphatic hydroxyl groups is 1. The molecule has 98 valence electrons. The molecule has 2 rings (SSSR count). The Morgan fingerprint density at radius 3 is 2.53 bits per heavy atom. The molecule has 1 heterocycles. The first-order valence-corrected chi connectivity index (χ1v) is 6.61. The molecule has 1 atom stereocenters. The monoisotopic (exact) mass is 241 g/mol. The number of piperidine rings is 1. The van der Waals surface area contributed by atoms with Crippen molar-refractivity contribution in [3.05, 3.63) is 0 Å². The van der Waals surface area contributed by atoms with Gasteiger partial charge in [-0.15, -0.1) is 0 Å². The van der Waals surface area contributed by atoms with Gasteiger partial charge in [0.05, 0.1) is 12.7 Å². The molecule has 2 aliphatic rings. The number of carbonyl (C=O) groups excluding carboxylic acids is 1. The standard InChI is InChI=1S/C13H23NO3/c1-3-14-9-5-6-12(10-14,11(15)17-2)13(16)7-4-8-13/h16H,3-10H2,1-2H3. The van der Waals surface area contributed by atoms with Crippen molar-refractivity contribution in [1.29, 1.82) is 0 Å². The van der Waals surface area contributed by atoms with Crippen molar-refractivity contribution in [1.82, 2.24) is 4.90 Å². The second-order valence-electron chi connectivity index (χ2n) is 5.43. The average molecular weight is 241 g/mol. The Bertz CT molecular complexity index is 301. The van der Waals surface area contributed by atoms with Crippen LogP contribution in [0, 0.1) is 5.41 Å². The Labute approximate surface area is 103 Å². The molecule has 2 fully saturated rings. The maximum absolute atomic E-state index is 12.2. The van der Waals surface area contributed by atoms with Crippen LogP contribution in [0.25, 0.3) is 0 Å². The van der Waals surface area contributed by atoms with E-state index in [1.165, 1.54) is 7.11 Å². The van der Waals surface area contributed by atoms with Gasteiger partial charge in [-0.05, 0) is 45.2 Å². The highest BCUT2D eigenvalue weighted by Gasteiger charge is 2.60. The summed E-state index contributed by atoms with van der Waals surface area (Å²) in [7, 11) is 1.43. The van der Waals surface area contributed by atoms with E-state index in [-0.39, 0.29) is 5.97 Å². The van der Waals surface area contributed by atoms with E-state index in [9.17, 15) is 9.90 Å². The molecule has 1 N–H and O–H groups in total. The van der Waals surface area contributed by atoms with Gasteiger partial charge in [-0.3, -0.25) is 4.79 Å². The second-order valence-corrected chi connectivity index (χ2v) is 5.43. The summed E-state index contributed by atoms with van der Waals surface area (Å²) in [4.78, 5) is 14.4. The van der Waals surface area contributed by atoms with Crippen LogP contribution in [0.5, 0.6) is 0 Å². The van der Waals surface area contributed by atoms with Crippen LogP contribution in [0.15, 0.2) is 0 Å². The van der Waals surface area contributed by atoms with Gasteiger partial charge in [0.2, 0.25) is 0 Å². The number of hydrogen-bond donors (Lipinski definition) is 1. The molecule has 4 nitrogen and oxygen atoms in total. The first kappa shape index (κ1) is 12.8. The molecular weight excluding hydrogens is 218 g/mol. The molecule has 1 unspecified atom stereocenters. The molecule has 17 heavy (non-hydrogen) atoms. The van der Waals surface area contributed by atoms with Gasteiger partial charge in [0, 0.05) is 6.54 Å². The topological polar surface area (TPSA) is 49.8 Å². The lowest BCUT2D eigenvalue weighted by Crippen LogP contribution is -2.64. The summed E-state index contributed by atoms with van der Waals surface area (Å²) in [5, 5.41) is 10.7. The molecule has 1 saturated carbocycles. The molecule has 0 bridgehead atoms. The summed E-state index contributed by atoms with van der Waals surface area (Å²) in [6, 6.07) is 0. The number of ether oxygens (including phenoxy) is 1. The van der Waals surface area contributed by atoms with Gasteiger partial charge in [0.25, 0.3) is 0 Å². The summed E-state index contributed by atoms with van der Waals surface area (Å²) >= 11 is 0. The van der Waals surface area contributed by atoms with Crippen molar-refractivity contribution < 1.29 is 14.6 Å². The Morgan fingerprint density at radius 2 is 2.06 bits per heavy atom. The molecule has 0 aromatic rings. The van der Waals surface area contributed by atoms with Gasteiger partial charge in [0.15, 0.2) is 0 Å². The lowest BCUT2D eigenvalue weighted by molar-refractivity contribution is -0.198. The van der Waals surface area contributed by atoms with Crippen LogP contribution < -0.4 is 0 Å². The molecule has 0 spiro atoms. The molecular formula is C13H23NO3. The van der Waals surface area contributed by atoms with E-state index in [0.29, 0.717) is 6.54 Å². The highest BCUT2D eigenvalue weighted by atomic mass is 16.5. The molecule has 1 aliphatic carbocycles. The van der Waals surface area contributed by atoms with Crippen LogP contribution in [-0.4, -0.2) is 48.3 Å². The second kappa shape index (κ2) is 4.58. The van der Waals surface area contributed by atoms with E-state index in [2.05, 4.69) is 11.8 Å². The van der Waals surface area contributed by atoms with Crippen molar-refractivity contribution in [3.8, 4) is 0 Å². The summed E-state index contributed by atoms with van der Waals surface area (Å²) in [5.74, 6) is -0.224. The number of hydrogen-bond acceptors (Lipinski definition) is 4. The van der Waals surface area contributed by atoms with Crippen molar-refractivity contribution in [2.24, 2.45) is 5.41 Å². The van der Waals surface area contributed by atoms with Gasteiger partial charge in [-0.2, -0.15) is 0 Å². The predicted molar refractivity (Wildman–Crippen MR) is 64.6 cm³/mol. The highest BCUT2D eigenvalue weighted by molar-refractivity contribution is 5.79. The Kier molecular flexibility index (Phi) is 3.46. The lowest BCUT2D eigenvalue weighted by Gasteiger charge is -2.54. The number of carbonyl (C=O) groups is 1. The minimum absolute atomic E-state index is 0.224. The fourth-order valence-electron chi connectivity index (χ4n) is 3.34. The summed E-state index contributed by atoms with van der Waals surface area (Å²) < 4.78 is 4.98. The normalized spacial score (nSPS) is 32.9. The van der Waals surface area contributed by atoms with E-state index in [4.69, 9.17) is 4.74 Å². The molecule has 0 radical (unpaired) electrons. The van der Waals surface area contributed by atoms with Crippen LogP contribution >= 0.6 is 0 Å².